The van der Waals surface area contributed by atoms with Gasteiger partial charge in [-0.15, -0.1) is 0 Å². The van der Waals surface area contributed by atoms with Crippen LogP contribution in [0, 0.1) is 0 Å². The van der Waals surface area contributed by atoms with Gasteiger partial charge in [0, 0.05) is 58.4 Å². The molecular formula is C33H44N4O2. The molecule has 2 fully saturated rings. The van der Waals surface area contributed by atoms with E-state index in [9.17, 15) is 9.59 Å². The summed E-state index contributed by atoms with van der Waals surface area (Å²) >= 11 is 0. The molecule has 0 spiro atoms. The zero-order valence-electron chi connectivity index (χ0n) is 23.8. The Labute approximate surface area is 233 Å². The second-order valence-electron chi connectivity index (χ2n) is 11.2. The summed E-state index contributed by atoms with van der Waals surface area (Å²) in [7, 11) is 0. The van der Waals surface area contributed by atoms with Crippen molar-refractivity contribution in [3.05, 3.63) is 60.2 Å². The summed E-state index contributed by atoms with van der Waals surface area (Å²) < 4.78 is 0. The molecule has 2 aliphatic heterocycles. The van der Waals surface area contributed by atoms with E-state index in [-0.39, 0.29) is 11.9 Å². The third-order valence-corrected chi connectivity index (χ3v) is 8.67. The van der Waals surface area contributed by atoms with Gasteiger partial charge in [0.2, 0.25) is 0 Å². The minimum Gasteiger partial charge on any atom is -0.336 e. The highest BCUT2D eigenvalue weighted by molar-refractivity contribution is 6.18. The van der Waals surface area contributed by atoms with Gasteiger partial charge >= 0.3 is 6.03 Å². The number of hydrogen-bond donors (Lipinski definition) is 0. The van der Waals surface area contributed by atoms with Crippen LogP contribution in [0.3, 0.4) is 0 Å². The van der Waals surface area contributed by atoms with Crippen molar-refractivity contribution in [2.75, 3.05) is 52.4 Å². The number of urea groups is 1. The number of piperazine rings is 1. The lowest BCUT2D eigenvalue weighted by Crippen LogP contribution is -2.55. The molecule has 0 unspecified atom stereocenters. The van der Waals surface area contributed by atoms with E-state index < -0.39 is 0 Å². The van der Waals surface area contributed by atoms with Crippen molar-refractivity contribution in [3.8, 4) is 0 Å². The number of fused-ring (bicyclic) bond motifs is 2. The predicted octanol–water partition coefficient (Wildman–Crippen LogP) is 6.24. The van der Waals surface area contributed by atoms with E-state index in [0.717, 1.165) is 118 Å². The molecule has 0 aliphatic carbocycles. The smallest absolute Gasteiger partial charge is 0.319 e. The van der Waals surface area contributed by atoms with Gasteiger partial charge in [0.1, 0.15) is 0 Å². The molecule has 5 rings (SSSR count). The third kappa shape index (κ3) is 6.06. The summed E-state index contributed by atoms with van der Waals surface area (Å²) in [6.45, 7) is 11.1. The van der Waals surface area contributed by atoms with E-state index >= 15 is 0 Å². The fourth-order valence-electron chi connectivity index (χ4n) is 6.32. The van der Waals surface area contributed by atoms with Crippen molar-refractivity contribution in [2.45, 2.75) is 58.4 Å². The maximum absolute atomic E-state index is 13.9. The van der Waals surface area contributed by atoms with Gasteiger partial charge in [0.15, 0.2) is 0 Å². The van der Waals surface area contributed by atoms with Gasteiger partial charge in [-0.25, -0.2) is 4.79 Å². The van der Waals surface area contributed by atoms with Gasteiger partial charge in [0.25, 0.3) is 5.91 Å². The van der Waals surface area contributed by atoms with Crippen LogP contribution in [0.5, 0.6) is 0 Å². The molecular weight excluding hydrogens is 484 g/mol. The molecule has 0 bridgehead atoms. The van der Waals surface area contributed by atoms with E-state index in [4.69, 9.17) is 0 Å². The van der Waals surface area contributed by atoms with E-state index in [1.54, 1.807) is 0 Å². The van der Waals surface area contributed by atoms with Crippen LogP contribution in [-0.2, 0) is 0 Å². The lowest BCUT2D eigenvalue weighted by Gasteiger charge is -2.43. The first-order valence-corrected chi connectivity index (χ1v) is 15.1. The van der Waals surface area contributed by atoms with Gasteiger partial charge in [-0.3, -0.25) is 9.69 Å². The number of likely N-dealkylation sites (tertiary alicyclic amines) is 1. The maximum Gasteiger partial charge on any atom is 0.319 e. The Morgan fingerprint density at radius 2 is 1.28 bits per heavy atom. The van der Waals surface area contributed by atoms with E-state index in [1.165, 1.54) is 0 Å². The molecule has 0 saturated carbocycles. The number of rotatable bonds is 8. The molecule has 2 heterocycles. The minimum atomic E-state index is 0.141. The summed E-state index contributed by atoms with van der Waals surface area (Å²) in [5, 5.41) is 4.30. The second kappa shape index (κ2) is 12.8. The van der Waals surface area contributed by atoms with Gasteiger partial charge in [-0.05, 0) is 53.3 Å². The topological polar surface area (TPSA) is 47.1 Å². The number of unbranched alkanes of at least 4 members (excludes halogenated alkanes) is 2. The molecule has 39 heavy (non-hydrogen) atoms. The number of piperidine rings is 1. The first-order valence-electron chi connectivity index (χ1n) is 15.1. The average molecular weight is 529 g/mol. The largest absolute Gasteiger partial charge is 0.336 e. The summed E-state index contributed by atoms with van der Waals surface area (Å²) in [4.78, 5) is 35.9. The van der Waals surface area contributed by atoms with E-state index in [1.807, 2.05) is 29.2 Å². The number of carbonyl (C=O) groups is 2. The summed E-state index contributed by atoms with van der Waals surface area (Å²) in [6.07, 6.45) is 6.41. The van der Waals surface area contributed by atoms with Crippen LogP contribution in [0.1, 0.15) is 62.7 Å². The van der Waals surface area contributed by atoms with Crippen molar-refractivity contribution < 1.29 is 9.59 Å². The molecule has 3 amide bonds. The molecule has 6 heteroatoms. The molecule has 0 atom stereocenters. The van der Waals surface area contributed by atoms with Crippen LogP contribution < -0.4 is 0 Å². The molecule has 2 saturated heterocycles. The lowest BCUT2D eigenvalue weighted by atomic mass is 9.95. The highest BCUT2D eigenvalue weighted by Gasteiger charge is 2.32. The van der Waals surface area contributed by atoms with Crippen molar-refractivity contribution in [1.29, 1.82) is 0 Å². The number of benzene rings is 3. The Morgan fingerprint density at radius 3 is 1.82 bits per heavy atom. The molecule has 3 aromatic carbocycles. The molecule has 208 valence electrons. The molecule has 0 radical (unpaired) electrons. The van der Waals surface area contributed by atoms with Crippen LogP contribution in [0.2, 0.25) is 0 Å². The van der Waals surface area contributed by atoms with Gasteiger partial charge in [-0.2, -0.15) is 0 Å². The zero-order chi connectivity index (χ0) is 27.2. The normalized spacial score (nSPS) is 17.2. The highest BCUT2D eigenvalue weighted by Crippen LogP contribution is 2.30. The maximum atomic E-state index is 13.9. The van der Waals surface area contributed by atoms with Gasteiger partial charge in [-0.1, -0.05) is 75.2 Å². The van der Waals surface area contributed by atoms with Crippen LogP contribution in [0.4, 0.5) is 4.79 Å². The number of carbonyl (C=O) groups excluding carboxylic acids is 2. The fraction of sp³-hybridized carbons (Fsp3) is 0.515. The number of amides is 3. The van der Waals surface area contributed by atoms with Crippen molar-refractivity contribution >= 4 is 33.5 Å². The van der Waals surface area contributed by atoms with E-state index in [2.05, 4.69) is 58.9 Å². The Bertz CT molecular complexity index is 1210. The second-order valence-corrected chi connectivity index (χ2v) is 11.2. The Morgan fingerprint density at radius 1 is 0.744 bits per heavy atom. The zero-order valence-corrected chi connectivity index (χ0v) is 23.8. The lowest BCUT2D eigenvalue weighted by molar-refractivity contribution is 0.0463. The molecule has 6 nitrogen and oxygen atoms in total. The van der Waals surface area contributed by atoms with Crippen molar-refractivity contribution in [2.24, 2.45) is 0 Å². The monoisotopic (exact) mass is 528 g/mol. The average Bonchev–Trinajstić information content (AvgIpc) is 2.99. The predicted molar refractivity (Wildman–Crippen MR) is 160 cm³/mol. The highest BCUT2D eigenvalue weighted by atomic mass is 16.2. The van der Waals surface area contributed by atoms with E-state index in [0.29, 0.717) is 6.04 Å². The number of hydrogen-bond acceptors (Lipinski definition) is 3. The SMILES string of the molecule is CCCCN(CCCC)C(=O)N1CCC(N2CCN(C(=O)c3c4ccccc4cc4ccccc34)CC2)CC1. The summed E-state index contributed by atoms with van der Waals surface area (Å²) in [5.74, 6) is 0.141. The van der Waals surface area contributed by atoms with Crippen LogP contribution >= 0.6 is 0 Å². The number of nitrogens with zero attached hydrogens (tertiary/aromatic N) is 4. The Balaban J connectivity index is 1.19. The van der Waals surface area contributed by atoms with Crippen molar-refractivity contribution in [1.82, 2.24) is 19.6 Å². The molecule has 3 aromatic rings. The van der Waals surface area contributed by atoms with Crippen LogP contribution in [0.15, 0.2) is 54.6 Å². The van der Waals surface area contributed by atoms with Gasteiger partial charge in [0.05, 0.1) is 5.56 Å². The fourth-order valence-corrected chi connectivity index (χ4v) is 6.32. The van der Waals surface area contributed by atoms with Crippen LogP contribution in [-0.4, -0.2) is 89.9 Å². The Hall–Kier alpha value is -3.12. The molecule has 0 N–H and O–H groups in total. The van der Waals surface area contributed by atoms with Gasteiger partial charge < -0.3 is 14.7 Å². The quantitative estimate of drug-likeness (QED) is 0.325. The van der Waals surface area contributed by atoms with Crippen molar-refractivity contribution in [3.63, 3.8) is 0 Å². The standard InChI is InChI=1S/C33H44N4O2/c1-3-5-17-36(18-6-4-2)33(39)37-19-15-28(16-20-37)34-21-23-35(24-22-34)32(38)31-29-13-9-7-11-26(29)25-27-12-8-10-14-30(27)31/h7-14,25,28H,3-6,15-24H2,1-2H3. The Kier molecular flexibility index (Phi) is 9.02. The summed E-state index contributed by atoms with van der Waals surface area (Å²) in [5.41, 5.74) is 0.833. The molecule has 0 aromatic heterocycles. The minimum absolute atomic E-state index is 0.141. The summed E-state index contributed by atoms with van der Waals surface area (Å²) in [6, 6.07) is 19.4. The first kappa shape index (κ1) is 27.4. The van der Waals surface area contributed by atoms with Crippen LogP contribution in [0.25, 0.3) is 21.5 Å². The third-order valence-electron chi connectivity index (χ3n) is 8.67. The first-order chi connectivity index (χ1) is 19.1. The molecule has 2 aliphatic rings.